The monoisotopic (exact) mass is 353 g/mol. The van der Waals surface area contributed by atoms with Gasteiger partial charge in [-0.2, -0.15) is 0 Å². The van der Waals surface area contributed by atoms with E-state index in [1.165, 1.54) is 5.39 Å². The Bertz CT molecular complexity index is 599. The minimum Gasteiger partial charge on any atom is -0.443 e. The van der Waals surface area contributed by atoms with Gasteiger partial charge in [-0.25, -0.2) is 4.79 Å². The highest BCUT2D eigenvalue weighted by Gasteiger charge is 2.31. The van der Waals surface area contributed by atoms with Crippen molar-refractivity contribution in [2.24, 2.45) is 0 Å². The van der Waals surface area contributed by atoms with Gasteiger partial charge in [0.15, 0.2) is 0 Å². The predicted octanol–water partition coefficient (Wildman–Crippen LogP) is 3.60. The van der Waals surface area contributed by atoms with Crippen molar-refractivity contribution in [2.75, 3.05) is 15.9 Å². The SMILES string of the molecule is O=C1OC(CI)CN1c1ccc2ccccc2c1. The topological polar surface area (TPSA) is 29.5 Å². The fourth-order valence-corrected chi connectivity index (χ4v) is 2.62. The van der Waals surface area contributed by atoms with Crippen LogP contribution in [0.3, 0.4) is 0 Å². The van der Waals surface area contributed by atoms with E-state index < -0.39 is 0 Å². The number of ether oxygens (including phenoxy) is 1. The molecule has 92 valence electrons. The van der Waals surface area contributed by atoms with Crippen molar-refractivity contribution in [2.45, 2.75) is 6.10 Å². The van der Waals surface area contributed by atoms with Crippen LogP contribution in [0.5, 0.6) is 0 Å². The molecule has 3 rings (SSSR count). The van der Waals surface area contributed by atoms with Crippen molar-refractivity contribution >= 4 is 45.1 Å². The lowest BCUT2D eigenvalue weighted by molar-refractivity contribution is 0.153. The number of hydrogen-bond donors (Lipinski definition) is 0. The number of alkyl halides is 1. The molecule has 1 amide bonds. The largest absolute Gasteiger partial charge is 0.443 e. The summed E-state index contributed by atoms with van der Waals surface area (Å²) in [6.45, 7) is 0.639. The third kappa shape index (κ3) is 2.05. The molecule has 1 atom stereocenters. The molecule has 0 aliphatic carbocycles. The van der Waals surface area contributed by atoms with Crippen molar-refractivity contribution in [1.29, 1.82) is 0 Å². The maximum atomic E-state index is 11.8. The van der Waals surface area contributed by atoms with Crippen LogP contribution < -0.4 is 4.90 Å². The van der Waals surface area contributed by atoms with Gasteiger partial charge in [0.25, 0.3) is 0 Å². The van der Waals surface area contributed by atoms with Gasteiger partial charge in [0.2, 0.25) is 0 Å². The average molecular weight is 353 g/mol. The fourth-order valence-electron chi connectivity index (χ4n) is 2.16. The summed E-state index contributed by atoms with van der Waals surface area (Å²) in [5.74, 6) is 0. The van der Waals surface area contributed by atoms with Crippen LogP contribution in [0.25, 0.3) is 10.8 Å². The summed E-state index contributed by atoms with van der Waals surface area (Å²) in [5.41, 5.74) is 0.908. The first-order valence-electron chi connectivity index (χ1n) is 5.81. The first-order chi connectivity index (χ1) is 8.78. The smallest absolute Gasteiger partial charge is 0.414 e. The number of hydrogen-bond acceptors (Lipinski definition) is 2. The Morgan fingerprint density at radius 2 is 2.00 bits per heavy atom. The van der Waals surface area contributed by atoms with Crippen LogP contribution in [0.2, 0.25) is 0 Å². The van der Waals surface area contributed by atoms with Crippen LogP contribution in [0, 0.1) is 0 Å². The molecule has 0 saturated carbocycles. The predicted molar refractivity (Wildman–Crippen MR) is 80.5 cm³/mol. The Hall–Kier alpha value is -1.30. The Balaban J connectivity index is 1.97. The first kappa shape index (κ1) is 11.8. The highest BCUT2D eigenvalue weighted by Crippen LogP contribution is 2.26. The molecule has 1 saturated heterocycles. The molecule has 0 spiro atoms. The molecule has 3 nitrogen and oxygen atoms in total. The molecule has 2 aromatic carbocycles. The Kier molecular flexibility index (Phi) is 3.11. The molecular weight excluding hydrogens is 341 g/mol. The van der Waals surface area contributed by atoms with Crippen LogP contribution >= 0.6 is 22.6 Å². The lowest BCUT2D eigenvalue weighted by atomic mass is 10.1. The quantitative estimate of drug-likeness (QED) is 0.610. The van der Waals surface area contributed by atoms with Crippen molar-refractivity contribution in [3.8, 4) is 0 Å². The highest BCUT2D eigenvalue weighted by atomic mass is 127. The van der Waals surface area contributed by atoms with Crippen molar-refractivity contribution < 1.29 is 9.53 Å². The van der Waals surface area contributed by atoms with Gasteiger partial charge in [0.05, 0.1) is 6.54 Å². The molecule has 18 heavy (non-hydrogen) atoms. The average Bonchev–Trinajstić information content (AvgIpc) is 2.79. The number of anilines is 1. The Labute approximate surface area is 119 Å². The number of benzene rings is 2. The lowest BCUT2D eigenvalue weighted by Crippen LogP contribution is -2.24. The molecule has 0 radical (unpaired) electrons. The van der Waals surface area contributed by atoms with E-state index in [4.69, 9.17) is 4.74 Å². The third-order valence-electron chi connectivity index (χ3n) is 3.09. The third-order valence-corrected chi connectivity index (χ3v) is 4.07. The number of carbonyl (C=O) groups excluding carboxylic acids is 1. The Morgan fingerprint density at radius 1 is 1.22 bits per heavy atom. The van der Waals surface area contributed by atoms with E-state index >= 15 is 0 Å². The minimum atomic E-state index is -0.244. The summed E-state index contributed by atoms with van der Waals surface area (Å²) in [4.78, 5) is 13.5. The van der Waals surface area contributed by atoms with Crippen LogP contribution in [0.15, 0.2) is 42.5 Å². The summed E-state index contributed by atoms with van der Waals surface area (Å²) in [7, 11) is 0. The minimum absolute atomic E-state index is 0.00423. The van der Waals surface area contributed by atoms with E-state index in [1.54, 1.807) is 4.90 Å². The van der Waals surface area contributed by atoms with Crippen molar-refractivity contribution in [3.05, 3.63) is 42.5 Å². The molecule has 0 aromatic heterocycles. The number of cyclic esters (lactones) is 1. The van der Waals surface area contributed by atoms with E-state index in [0.717, 1.165) is 15.5 Å². The number of carbonyl (C=O) groups is 1. The van der Waals surface area contributed by atoms with Gasteiger partial charge in [-0.3, -0.25) is 4.90 Å². The first-order valence-corrected chi connectivity index (χ1v) is 7.33. The summed E-state index contributed by atoms with van der Waals surface area (Å²) < 4.78 is 6.10. The number of rotatable bonds is 2. The van der Waals surface area contributed by atoms with Crippen LogP contribution in [0.4, 0.5) is 10.5 Å². The number of halogens is 1. The molecule has 1 unspecified atom stereocenters. The van der Waals surface area contributed by atoms with Crippen molar-refractivity contribution in [3.63, 3.8) is 0 Å². The van der Waals surface area contributed by atoms with Crippen LogP contribution in [-0.2, 0) is 4.74 Å². The van der Waals surface area contributed by atoms with Gasteiger partial charge in [-0.05, 0) is 22.9 Å². The standard InChI is InChI=1S/C14H12INO2/c15-8-13-9-16(14(17)18-13)12-6-5-10-3-1-2-4-11(10)7-12/h1-7,13H,8-9H2. The van der Waals surface area contributed by atoms with E-state index in [9.17, 15) is 4.79 Å². The maximum Gasteiger partial charge on any atom is 0.414 e. The maximum absolute atomic E-state index is 11.8. The molecule has 1 aliphatic heterocycles. The van der Waals surface area contributed by atoms with Gasteiger partial charge in [0.1, 0.15) is 6.10 Å². The van der Waals surface area contributed by atoms with Gasteiger partial charge >= 0.3 is 6.09 Å². The summed E-state index contributed by atoms with van der Waals surface area (Å²) >= 11 is 2.24. The van der Waals surface area contributed by atoms with Crippen molar-refractivity contribution in [1.82, 2.24) is 0 Å². The van der Waals surface area contributed by atoms with E-state index in [1.807, 2.05) is 30.3 Å². The zero-order chi connectivity index (χ0) is 12.5. The van der Waals surface area contributed by atoms with Gasteiger partial charge in [0, 0.05) is 10.1 Å². The van der Waals surface area contributed by atoms with E-state index in [2.05, 4.69) is 34.7 Å². The lowest BCUT2D eigenvalue weighted by Gasteiger charge is -2.13. The fraction of sp³-hybridized carbons (Fsp3) is 0.214. The molecule has 0 N–H and O–H groups in total. The normalized spacial score (nSPS) is 19.3. The molecular formula is C14H12INO2. The van der Waals surface area contributed by atoms with Crippen LogP contribution in [-0.4, -0.2) is 23.2 Å². The zero-order valence-corrected chi connectivity index (χ0v) is 11.8. The Morgan fingerprint density at radius 3 is 2.72 bits per heavy atom. The van der Waals surface area contributed by atoms with E-state index in [-0.39, 0.29) is 12.2 Å². The zero-order valence-electron chi connectivity index (χ0n) is 9.67. The highest BCUT2D eigenvalue weighted by molar-refractivity contribution is 14.1. The second-order valence-electron chi connectivity index (χ2n) is 4.30. The summed E-state index contributed by atoms with van der Waals surface area (Å²) in [6, 6.07) is 14.2. The van der Waals surface area contributed by atoms with Gasteiger partial charge in [-0.15, -0.1) is 0 Å². The second-order valence-corrected chi connectivity index (χ2v) is 5.18. The van der Waals surface area contributed by atoms with Gasteiger partial charge in [-0.1, -0.05) is 52.9 Å². The summed E-state index contributed by atoms with van der Waals surface area (Å²) in [5, 5.41) is 2.32. The molecule has 4 heteroatoms. The summed E-state index contributed by atoms with van der Waals surface area (Å²) in [6.07, 6.45) is -0.239. The number of nitrogens with zero attached hydrogens (tertiary/aromatic N) is 1. The van der Waals surface area contributed by atoms with Crippen LogP contribution in [0.1, 0.15) is 0 Å². The molecule has 1 fully saturated rings. The van der Waals surface area contributed by atoms with Gasteiger partial charge < -0.3 is 4.74 Å². The molecule has 1 heterocycles. The number of amides is 1. The molecule has 2 aromatic rings. The van der Waals surface area contributed by atoms with E-state index in [0.29, 0.717) is 6.54 Å². The number of fused-ring (bicyclic) bond motifs is 1. The second kappa shape index (κ2) is 4.76. The molecule has 1 aliphatic rings. The molecule has 0 bridgehead atoms.